The maximum absolute atomic E-state index is 8.89. The van der Waals surface area contributed by atoms with Gasteiger partial charge in [-0.25, -0.2) is 0 Å². The molecule has 0 aromatic rings. The second-order valence-corrected chi connectivity index (χ2v) is 2.35. The number of hydrogen-bond acceptors (Lipinski definition) is 6. The number of ether oxygens (including phenoxy) is 1. The van der Waals surface area contributed by atoms with Crippen LogP contribution in [0.25, 0.3) is 0 Å². The van der Waals surface area contributed by atoms with Crippen LogP contribution in [-0.2, 0) is 14.3 Å². The van der Waals surface area contributed by atoms with Crippen LogP contribution >= 0.6 is 0 Å². The zero-order valence-electron chi connectivity index (χ0n) is 9.58. The van der Waals surface area contributed by atoms with Crippen molar-refractivity contribution in [2.75, 3.05) is 26.3 Å². The zero-order chi connectivity index (χ0) is 11.4. The van der Waals surface area contributed by atoms with Crippen molar-refractivity contribution in [3.8, 4) is 0 Å². The van der Waals surface area contributed by atoms with E-state index in [-0.39, 0.29) is 43.2 Å². The number of nitrogens with one attached hydrogen (secondary N) is 1. The van der Waals surface area contributed by atoms with Gasteiger partial charge in [-0.3, -0.25) is 0 Å². The van der Waals surface area contributed by atoms with Gasteiger partial charge < -0.3 is 35.3 Å². The summed E-state index contributed by atoms with van der Waals surface area (Å²) in [7, 11) is 0. The number of carboxylic acid groups (broad SMARTS) is 2. The minimum Gasteiger partial charge on any atom is -0.550 e. The van der Waals surface area contributed by atoms with Crippen LogP contribution in [0.2, 0.25) is 0 Å². The van der Waals surface area contributed by atoms with Crippen LogP contribution in [-0.4, -0.2) is 81.5 Å². The molecule has 1 aliphatic rings. The summed E-state index contributed by atoms with van der Waals surface area (Å²) >= 11 is 0. The normalized spacial score (nSPS) is 12.1. The third-order valence-corrected chi connectivity index (χ3v) is 0.846. The van der Waals surface area contributed by atoms with E-state index in [1.165, 1.54) is 0 Å². The molecule has 0 aromatic heterocycles. The van der Waals surface area contributed by atoms with E-state index in [0.717, 1.165) is 40.2 Å². The summed E-state index contributed by atoms with van der Waals surface area (Å²) < 4.78 is 5.01. The van der Waals surface area contributed by atoms with E-state index >= 15 is 0 Å². The van der Waals surface area contributed by atoms with Crippen molar-refractivity contribution >= 4 is 49.7 Å². The zero-order valence-corrected chi connectivity index (χ0v) is 11.8. The minimum atomic E-state index is -1.08. The second-order valence-electron chi connectivity index (χ2n) is 2.35. The molecule has 0 aromatic carbocycles. The standard InChI is InChI=1S/C4H9NO.2C2H4O2.Ca.H2O/c1-3-6-4-2-5-1;2*1-2(3)4;;/h5H,1-4H2;2*1H3,(H,3,4);;1H2/q;;;+2;/p-2. The summed E-state index contributed by atoms with van der Waals surface area (Å²) in [4.78, 5) is 17.8. The Balaban J connectivity index is -0.0000000660. The Hall–Kier alpha value is 0.0797. The van der Waals surface area contributed by atoms with Crippen molar-refractivity contribution < 1.29 is 30.0 Å². The van der Waals surface area contributed by atoms with Crippen molar-refractivity contribution in [3.05, 3.63) is 0 Å². The van der Waals surface area contributed by atoms with Gasteiger partial charge in [0, 0.05) is 25.0 Å². The molecule has 1 saturated heterocycles. The SMILES string of the molecule is C1COCCN1.CC(=O)[O-].CC(=O)[O-].O.[Ca+2]. The Bertz CT molecular complexity index is 131. The maximum atomic E-state index is 8.89. The van der Waals surface area contributed by atoms with Crippen molar-refractivity contribution in [2.24, 2.45) is 0 Å². The minimum absolute atomic E-state index is 0. The van der Waals surface area contributed by atoms with Gasteiger partial charge in [-0.05, 0) is 13.8 Å². The third kappa shape index (κ3) is 65.2. The fraction of sp³-hybridized carbons (Fsp3) is 0.750. The van der Waals surface area contributed by atoms with Gasteiger partial charge in [0.2, 0.25) is 0 Å². The third-order valence-electron chi connectivity index (χ3n) is 0.846. The van der Waals surface area contributed by atoms with Crippen LogP contribution in [0.1, 0.15) is 13.8 Å². The maximum Gasteiger partial charge on any atom is 2.00 e. The fourth-order valence-electron chi connectivity index (χ4n) is 0.516. The van der Waals surface area contributed by atoms with Crippen LogP contribution in [0.5, 0.6) is 0 Å². The molecule has 0 saturated carbocycles. The first-order valence-corrected chi connectivity index (χ1v) is 4.10. The van der Waals surface area contributed by atoms with Crippen LogP contribution in [0.3, 0.4) is 0 Å². The van der Waals surface area contributed by atoms with Gasteiger partial charge in [-0.15, -0.1) is 0 Å². The Morgan fingerprint density at radius 3 is 1.38 bits per heavy atom. The molecule has 1 heterocycles. The summed E-state index contributed by atoms with van der Waals surface area (Å²) in [6, 6.07) is 0. The topological polar surface area (TPSA) is 133 Å². The molecule has 8 heteroatoms. The van der Waals surface area contributed by atoms with Gasteiger partial charge >= 0.3 is 37.7 Å². The summed E-state index contributed by atoms with van der Waals surface area (Å²) in [5, 5.41) is 20.9. The summed E-state index contributed by atoms with van der Waals surface area (Å²) in [5.41, 5.74) is 0. The molecule has 0 amide bonds. The average Bonchev–Trinajstić information content (AvgIpc) is 2.05. The average molecular weight is 263 g/mol. The number of carbonyl (C=O) groups is 2. The molecule has 1 rings (SSSR count). The summed E-state index contributed by atoms with van der Waals surface area (Å²) in [5.74, 6) is -2.17. The van der Waals surface area contributed by atoms with Crippen molar-refractivity contribution in [3.63, 3.8) is 0 Å². The number of carbonyl (C=O) groups excluding carboxylic acids is 2. The largest absolute Gasteiger partial charge is 2.00 e. The quantitative estimate of drug-likeness (QED) is 0.442. The van der Waals surface area contributed by atoms with Gasteiger partial charge in [0.05, 0.1) is 13.2 Å². The predicted octanol–water partition coefficient (Wildman–Crippen LogP) is -4.09. The molecular formula is C8H17CaNO6. The van der Waals surface area contributed by atoms with Gasteiger partial charge in [0.25, 0.3) is 0 Å². The second kappa shape index (κ2) is 20.5. The number of morpholine rings is 1. The van der Waals surface area contributed by atoms with E-state index in [9.17, 15) is 0 Å². The molecule has 16 heavy (non-hydrogen) atoms. The molecule has 0 bridgehead atoms. The van der Waals surface area contributed by atoms with Crippen LogP contribution in [0, 0.1) is 0 Å². The molecular weight excluding hydrogens is 246 g/mol. The first-order chi connectivity index (χ1) is 6.46. The van der Waals surface area contributed by atoms with Crippen LogP contribution in [0.4, 0.5) is 0 Å². The van der Waals surface area contributed by atoms with E-state index in [2.05, 4.69) is 5.32 Å². The molecule has 0 aliphatic carbocycles. The fourth-order valence-corrected chi connectivity index (χ4v) is 0.516. The van der Waals surface area contributed by atoms with Crippen molar-refractivity contribution in [2.45, 2.75) is 13.8 Å². The first kappa shape index (κ1) is 25.1. The van der Waals surface area contributed by atoms with Gasteiger partial charge in [-0.1, -0.05) is 0 Å². The van der Waals surface area contributed by atoms with E-state index in [0.29, 0.717) is 0 Å². The number of hydrogen-bond donors (Lipinski definition) is 1. The van der Waals surface area contributed by atoms with E-state index in [1.54, 1.807) is 0 Å². The Morgan fingerprint density at radius 2 is 1.31 bits per heavy atom. The first-order valence-electron chi connectivity index (χ1n) is 4.10. The molecule has 0 radical (unpaired) electrons. The predicted molar refractivity (Wildman–Crippen MR) is 54.4 cm³/mol. The van der Waals surface area contributed by atoms with Crippen molar-refractivity contribution in [1.82, 2.24) is 5.32 Å². The molecule has 0 spiro atoms. The monoisotopic (exact) mass is 263 g/mol. The number of carboxylic acids is 2. The van der Waals surface area contributed by atoms with E-state index < -0.39 is 11.9 Å². The molecule has 3 N–H and O–H groups in total. The van der Waals surface area contributed by atoms with Crippen molar-refractivity contribution in [1.29, 1.82) is 0 Å². The van der Waals surface area contributed by atoms with E-state index in [4.69, 9.17) is 24.5 Å². The summed E-state index contributed by atoms with van der Waals surface area (Å²) in [6.45, 7) is 5.78. The Labute approximate surface area is 124 Å². The Morgan fingerprint density at radius 1 is 1.06 bits per heavy atom. The van der Waals surface area contributed by atoms with Crippen LogP contribution in [0.15, 0.2) is 0 Å². The number of aliphatic carboxylic acids is 2. The number of rotatable bonds is 0. The summed E-state index contributed by atoms with van der Waals surface area (Å²) in [6.07, 6.45) is 0. The Kier molecular flexibility index (Phi) is 32.1. The molecule has 7 nitrogen and oxygen atoms in total. The van der Waals surface area contributed by atoms with Gasteiger partial charge in [0.15, 0.2) is 0 Å². The van der Waals surface area contributed by atoms with Crippen LogP contribution < -0.4 is 15.5 Å². The molecule has 1 aliphatic heterocycles. The molecule has 92 valence electrons. The van der Waals surface area contributed by atoms with Gasteiger partial charge in [0.1, 0.15) is 0 Å². The van der Waals surface area contributed by atoms with Gasteiger partial charge in [-0.2, -0.15) is 0 Å². The molecule has 0 atom stereocenters. The molecule has 0 unspecified atom stereocenters. The smallest absolute Gasteiger partial charge is 0.550 e. The van der Waals surface area contributed by atoms with E-state index in [1.807, 2.05) is 0 Å². The molecule has 1 fully saturated rings.